The van der Waals surface area contributed by atoms with E-state index in [0.717, 1.165) is 0 Å². The molecule has 0 radical (unpaired) electrons. The molecule has 6 heteroatoms. The summed E-state index contributed by atoms with van der Waals surface area (Å²) < 4.78 is 12.2. The molecule has 0 aliphatic rings. The first-order valence-electron chi connectivity index (χ1n) is 5.46. The van der Waals surface area contributed by atoms with Crippen LogP contribution in [0.1, 0.15) is 25.8 Å². The van der Waals surface area contributed by atoms with Gasteiger partial charge >= 0.3 is 0 Å². The summed E-state index contributed by atoms with van der Waals surface area (Å²) in [6, 6.07) is 2.83. The van der Waals surface area contributed by atoms with Crippen molar-refractivity contribution in [1.82, 2.24) is 0 Å². The fourth-order valence-electron chi connectivity index (χ4n) is 1.39. The van der Waals surface area contributed by atoms with Crippen LogP contribution in [0.4, 0.5) is 4.53 Å². The zero-order valence-electron chi connectivity index (χ0n) is 10.5. The van der Waals surface area contributed by atoms with Gasteiger partial charge in [0.15, 0.2) is 5.78 Å². The van der Waals surface area contributed by atoms with Crippen LogP contribution in [-0.4, -0.2) is 11.5 Å². The lowest BCUT2D eigenvalue weighted by Crippen LogP contribution is -2.08. The van der Waals surface area contributed by atoms with E-state index in [1.165, 1.54) is 12.1 Å². The third-order valence-corrected chi connectivity index (χ3v) is 3.00. The number of hydrogen-bond donors (Lipinski definition) is 0. The van der Waals surface area contributed by atoms with E-state index < -0.39 is 0 Å². The summed E-state index contributed by atoms with van der Waals surface area (Å²) in [6.45, 7) is 7.07. The third kappa shape index (κ3) is 3.78. The number of benzene rings is 1. The number of carbonyl (C=O) groups excluding carboxylic acids is 1. The van der Waals surface area contributed by atoms with Gasteiger partial charge < -0.3 is 0 Å². The van der Waals surface area contributed by atoms with Gasteiger partial charge in [-0.3, -0.25) is 14.7 Å². The van der Waals surface area contributed by atoms with Crippen molar-refractivity contribution in [3.63, 3.8) is 0 Å². The zero-order valence-corrected chi connectivity index (χ0v) is 12.0. The normalized spacial score (nSPS) is 11.3. The molecule has 0 heterocycles. The van der Waals surface area contributed by atoms with Crippen LogP contribution in [0.25, 0.3) is 5.70 Å². The Balaban J connectivity index is 3.12. The Bertz CT molecular complexity index is 533. The quantitative estimate of drug-likeness (QED) is 0.742. The smallest absolute Gasteiger partial charge is 0.208 e. The molecule has 102 valence electrons. The lowest BCUT2D eigenvalue weighted by Gasteiger charge is -2.06. The molecule has 1 aromatic rings. The number of rotatable bonds is 5. The van der Waals surface area contributed by atoms with Gasteiger partial charge in [0.25, 0.3) is 0 Å². The second-order valence-corrected chi connectivity index (χ2v) is 4.58. The molecule has 0 unspecified atom stereocenters. The van der Waals surface area contributed by atoms with E-state index in [4.69, 9.17) is 23.2 Å². The summed E-state index contributed by atoms with van der Waals surface area (Å²) in [6.07, 6.45) is 0.360. The minimum atomic E-state index is -0.259. The molecule has 0 fully saturated rings. The Morgan fingerprint density at radius 2 is 1.95 bits per heavy atom. The van der Waals surface area contributed by atoms with Gasteiger partial charge in [-0.1, -0.05) is 36.7 Å². The average Bonchev–Trinajstić information content (AvgIpc) is 2.37. The Labute approximate surface area is 120 Å². The van der Waals surface area contributed by atoms with Crippen LogP contribution in [0, 0.1) is 0 Å². The Hall–Kier alpha value is -1.39. The van der Waals surface area contributed by atoms with Crippen LogP contribution >= 0.6 is 23.2 Å². The molecule has 0 saturated heterocycles. The molecule has 0 amide bonds. The van der Waals surface area contributed by atoms with Crippen molar-refractivity contribution in [2.75, 3.05) is 0 Å². The summed E-state index contributed by atoms with van der Waals surface area (Å²) in [5.41, 5.74) is 1.14. The Kier molecular flexibility index (Phi) is 5.51. The molecule has 0 N–H and O–H groups in total. The number of aliphatic imine (C=N–C) groups is 1. The highest BCUT2D eigenvalue weighted by Gasteiger charge is 2.12. The number of ketones is 1. The van der Waals surface area contributed by atoms with Crippen molar-refractivity contribution < 1.29 is 14.3 Å². The number of nitrogens with zero attached hydrogens (tertiary/aromatic N) is 1. The fraction of sp³-hybridized carbons (Fsp3) is 0.231. The maximum Gasteiger partial charge on any atom is 0.208 e. The van der Waals surface area contributed by atoms with Gasteiger partial charge in [0.2, 0.25) is 5.75 Å². The fourth-order valence-corrected chi connectivity index (χ4v) is 1.93. The van der Waals surface area contributed by atoms with Gasteiger partial charge in [-0.05, 0) is 19.1 Å². The van der Waals surface area contributed by atoms with Gasteiger partial charge in [0.1, 0.15) is 0 Å². The minimum absolute atomic E-state index is 0.000760. The second-order valence-electron chi connectivity index (χ2n) is 3.77. The van der Waals surface area contributed by atoms with Gasteiger partial charge in [-0.2, -0.15) is 0 Å². The summed E-state index contributed by atoms with van der Waals surface area (Å²) in [5, 5.41) is 0.00152. The van der Waals surface area contributed by atoms with Crippen molar-refractivity contribution in [3.05, 3.63) is 34.3 Å². The molecular weight excluding hydrogens is 292 g/mol. The molecule has 19 heavy (non-hydrogen) atoms. The van der Waals surface area contributed by atoms with Crippen molar-refractivity contribution in [2.24, 2.45) is 4.99 Å². The lowest BCUT2D eigenvalue weighted by atomic mass is 10.1. The predicted octanol–water partition coefficient (Wildman–Crippen LogP) is 4.67. The molecule has 0 saturated carbocycles. The summed E-state index contributed by atoms with van der Waals surface area (Å²) >= 11 is 11.6. The first kappa shape index (κ1) is 15.7. The van der Waals surface area contributed by atoms with E-state index in [2.05, 4.69) is 16.5 Å². The first-order valence-corrected chi connectivity index (χ1v) is 6.21. The number of carbonyl (C=O) groups is 1. The largest absolute Gasteiger partial charge is 0.293 e. The number of hydrogen-bond acceptors (Lipinski definition) is 3. The number of Topliss-reactive ketones (excluding diaryl/α,β-unsaturated/α-hetero) is 1. The van der Waals surface area contributed by atoms with Gasteiger partial charge in [-0.15, -0.1) is 0 Å². The predicted molar refractivity (Wildman–Crippen MR) is 75.6 cm³/mol. The molecule has 0 bridgehead atoms. The topological polar surface area (TPSA) is 38.7 Å². The molecule has 0 aliphatic carbocycles. The molecule has 0 spiro atoms. The summed E-state index contributed by atoms with van der Waals surface area (Å²) in [5.74, 6) is -0.340. The van der Waals surface area contributed by atoms with Gasteiger partial charge in [0, 0.05) is 16.5 Å². The molecule has 0 atom stereocenters. The molecule has 1 aromatic carbocycles. The second kappa shape index (κ2) is 6.68. The SMILES string of the molecule is C=C(N=C(C)C(=O)CC)c1cc(Cl)c(OF)c(Cl)c1. The number of halogens is 3. The standard InChI is InChI=1S/C13H12Cl2FNO2/c1-4-12(18)8(3)17-7(2)9-5-10(14)13(19-16)11(15)6-9/h5-6H,2,4H2,1,3H3. The minimum Gasteiger partial charge on any atom is -0.293 e. The van der Waals surface area contributed by atoms with Crippen LogP contribution in [0.5, 0.6) is 5.75 Å². The highest BCUT2D eigenvalue weighted by atomic mass is 35.5. The zero-order chi connectivity index (χ0) is 14.6. The first-order chi connectivity index (χ1) is 8.90. The maximum atomic E-state index is 12.2. The van der Waals surface area contributed by atoms with Crippen LogP contribution in [0.3, 0.4) is 0 Å². The van der Waals surface area contributed by atoms with E-state index in [9.17, 15) is 9.32 Å². The average molecular weight is 304 g/mol. The Morgan fingerprint density at radius 3 is 2.37 bits per heavy atom. The third-order valence-electron chi connectivity index (χ3n) is 2.44. The van der Waals surface area contributed by atoms with E-state index in [-0.39, 0.29) is 21.6 Å². The van der Waals surface area contributed by atoms with E-state index >= 15 is 0 Å². The van der Waals surface area contributed by atoms with E-state index in [1.807, 2.05) is 0 Å². The van der Waals surface area contributed by atoms with Crippen LogP contribution in [0.2, 0.25) is 10.0 Å². The molecular formula is C13H12Cl2FNO2. The van der Waals surface area contributed by atoms with E-state index in [0.29, 0.717) is 23.4 Å². The van der Waals surface area contributed by atoms with Crippen molar-refractivity contribution in [1.29, 1.82) is 0 Å². The summed E-state index contributed by atoms with van der Waals surface area (Å²) in [7, 11) is 0. The van der Waals surface area contributed by atoms with Gasteiger partial charge in [0.05, 0.1) is 21.5 Å². The van der Waals surface area contributed by atoms with Crippen LogP contribution in [0.15, 0.2) is 23.7 Å². The van der Waals surface area contributed by atoms with Crippen molar-refractivity contribution in [2.45, 2.75) is 20.3 Å². The molecule has 0 aromatic heterocycles. The molecule has 1 rings (SSSR count). The van der Waals surface area contributed by atoms with E-state index in [1.54, 1.807) is 13.8 Å². The highest BCUT2D eigenvalue weighted by Crippen LogP contribution is 2.36. The summed E-state index contributed by atoms with van der Waals surface area (Å²) in [4.78, 5) is 19.1. The van der Waals surface area contributed by atoms with Crippen LogP contribution < -0.4 is 4.94 Å². The van der Waals surface area contributed by atoms with Gasteiger partial charge in [-0.25, -0.2) is 0 Å². The molecule has 3 nitrogen and oxygen atoms in total. The molecule has 0 aliphatic heterocycles. The maximum absolute atomic E-state index is 12.2. The van der Waals surface area contributed by atoms with Crippen molar-refractivity contribution >= 4 is 40.4 Å². The van der Waals surface area contributed by atoms with Crippen LogP contribution in [-0.2, 0) is 4.79 Å². The lowest BCUT2D eigenvalue weighted by molar-refractivity contribution is -0.112. The monoisotopic (exact) mass is 303 g/mol. The Morgan fingerprint density at radius 1 is 1.42 bits per heavy atom. The highest BCUT2D eigenvalue weighted by molar-refractivity contribution is 6.40. The van der Waals surface area contributed by atoms with Crippen molar-refractivity contribution in [3.8, 4) is 5.75 Å².